The van der Waals surface area contributed by atoms with Crippen molar-refractivity contribution < 1.29 is 14.3 Å². The fourth-order valence-corrected chi connectivity index (χ4v) is 2.31. The second kappa shape index (κ2) is 9.09. The average molecular weight is 394 g/mol. The highest BCUT2D eigenvalue weighted by atomic mass is 19.1. The van der Waals surface area contributed by atoms with Gasteiger partial charge in [0.15, 0.2) is 0 Å². The molecule has 9 nitrogen and oxygen atoms in total. The number of aromatic nitrogens is 5. The minimum atomic E-state index is -1.30. The van der Waals surface area contributed by atoms with Crippen LogP contribution in [-0.2, 0) is 6.54 Å². The Bertz CT molecular complexity index is 1160. The van der Waals surface area contributed by atoms with Crippen LogP contribution in [0.1, 0.15) is 11.3 Å². The van der Waals surface area contributed by atoms with Crippen molar-refractivity contribution in [3.8, 4) is 17.7 Å². The summed E-state index contributed by atoms with van der Waals surface area (Å²) >= 11 is 0. The lowest BCUT2D eigenvalue weighted by molar-refractivity contribution is 0.195. The van der Waals surface area contributed by atoms with Gasteiger partial charge in [0, 0.05) is 24.5 Å². The zero-order chi connectivity index (χ0) is 20.6. The summed E-state index contributed by atoms with van der Waals surface area (Å²) in [6, 6.07) is 8.70. The molecule has 0 saturated heterocycles. The van der Waals surface area contributed by atoms with E-state index in [1.807, 2.05) is 11.4 Å². The molecule has 0 aliphatic rings. The van der Waals surface area contributed by atoms with E-state index in [0.717, 1.165) is 4.68 Å². The number of pyridine rings is 2. The number of halogens is 1. The fourth-order valence-electron chi connectivity index (χ4n) is 2.31. The molecular weight excluding hydrogens is 379 g/mol. The summed E-state index contributed by atoms with van der Waals surface area (Å²) in [5.74, 6) is 6.16. The van der Waals surface area contributed by atoms with E-state index in [1.54, 1.807) is 30.5 Å². The molecule has 29 heavy (non-hydrogen) atoms. The van der Waals surface area contributed by atoms with Gasteiger partial charge in [0.05, 0.1) is 12.9 Å². The maximum Gasteiger partial charge on any atom is 0.404 e. The Hall–Kier alpha value is -4.26. The molecule has 3 aromatic rings. The number of amides is 1. The van der Waals surface area contributed by atoms with Gasteiger partial charge in [-0.1, -0.05) is 12.0 Å². The van der Waals surface area contributed by atoms with Gasteiger partial charge < -0.3 is 10.4 Å². The molecule has 0 bridgehead atoms. The van der Waals surface area contributed by atoms with Crippen molar-refractivity contribution in [2.45, 2.75) is 6.54 Å². The largest absolute Gasteiger partial charge is 0.465 e. The Morgan fingerprint density at radius 3 is 2.83 bits per heavy atom. The van der Waals surface area contributed by atoms with Crippen molar-refractivity contribution >= 4 is 6.09 Å². The number of rotatable bonds is 5. The van der Waals surface area contributed by atoms with E-state index < -0.39 is 11.8 Å². The van der Waals surface area contributed by atoms with Crippen molar-refractivity contribution in [1.82, 2.24) is 29.6 Å². The summed E-state index contributed by atoms with van der Waals surface area (Å²) in [6.07, 6.45) is 3.34. The van der Waals surface area contributed by atoms with Gasteiger partial charge in [-0.2, -0.15) is 5.10 Å². The third-order valence-electron chi connectivity index (χ3n) is 3.70. The normalized spacial score (nSPS) is 10.9. The van der Waals surface area contributed by atoms with Crippen LogP contribution in [0.5, 0.6) is 0 Å². The van der Waals surface area contributed by atoms with Gasteiger partial charge >= 0.3 is 11.8 Å². The Morgan fingerprint density at radius 2 is 2.10 bits per heavy atom. The SMILES string of the molecule is O=C(O)NC/C(=C\F)Cn1ncn(-c2cc(C#Cc3ccccn3)ccn2)c1=O. The lowest BCUT2D eigenvalue weighted by atomic mass is 10.2. The smallest absolute Gasteiger partial charge is 0.404 e. The molecule has 3 heterocycles. The number of hydrogen-bond donors (Lipinski definition) is 2. The monoisotopic (exact) mass is 394 g/mol. The number of carbonyl (C=O) groups is 1. The maximum atomic E-state index is 13.0. The van der Waals surface area contributed by atoms with Crippen LogP contribution in [-0.4, -0.2) is 42.1 Å². The standard InChI is InChI=1S/C19H15FN6O3/c20-10-15(11-23-18(27)28)12-26-19(29)25(13-24-26)17-9-14(6-8-22-17)4-5-16-3-1-2-7-21-16/h1-3,6-10,13,23H,11-12H2,(H,27,28)/b15-10+. The first-order valence-corrected chi connectivity index (χ1v) is 8.35. The van der Waals surface area contributed by atoms with Gasteiger partial charge in [-0.3, -0.25) is 0 Å². The minimum Gasteiger partial charge on any atom is -0.465 e. The first-order valence-electron chi connectivity index (χ1n) is 8.35. The molecule has 1 amide bonds. The van der Waals surface area contributed by atoms with E-state index in [0.29, 0.717) is 17.1 Å². The maximum absolute atomic E-state index is 13.0. The van der Waals surface area contributed by atoms with E-state index in [4.69, 9.17) is 5.11 Å². The Morgan fingerprint density at radius 1 is 1.24 bits per heavy atom. The summed E-state index contributed by atoms with van der Waals surface area (Å²) in [5, 5.41) is 14.6. The predicted octanol–water partition coefficient (Wildman–Crippen LogP) is 1.34. The van der Waals surface area contributed by atoms with E-state index in [9.17, 15) is 14.0 Å². The quantitative estimate of drug-likeness (QED) is 0.631. The minimum absolute atomic E-state index is 0.0442. The highest BCUT2D eigenvalue weighted by Gasteiger charge is 2.11. The molecule has 2 N–H and O–H groups in total. The molecule has 0 saturated carbocycles. The van der Waals surface area contributed by atoms with E-state index in [2.05, 4.69) is 26.9 Å². The molecular formula is C19H15FN6O3. The van der Waals surface area contributed by atoms with E-state index >= 15 is 0 Å². The zero-order valence-electron chi connectivity index (χ0n) is 15.0. The summed E-state index contributed by atoms with van der Waals surface area (Å²) in [5.41, 5.74) is 0.719. The summed E-state index contributed by atoms with van der Waals surface area (Å²) in [7, 11) is 0. The first kappa shape index (κ1) is 19.5. The second-order valence-electron chi connectivity index (χ2n) is 5.73. The average Bonchev–Trinajstić information content (AvgIpc) is 3.10. The molecule has 0 atom stereocenters. The predicted molar refractivity (Wildman–Crippen MR) is 101 cm³/mol. The van der Waals surface area contributed by atoms with Crippen LogP contribution in [0, 0.1) is 11.8 Å². The van der Waals surface area contributed by atoms with Crippen LogP contribution in [0.2, 0.25) is 0 Å². The molecule has 10 heteroatoms. The number of nitrogens with zero attached hydrogens (tertiary/aromatic N) is 5. The van der Waals surface area contributed by atoms with Gasteiger partial charge in [0.1, 0.15) is 17.8 Å². The molecule has 146 valence electrons. The summed E-state index contributed by atoms with van der Waals surface area (Å²) < 4.78 is 15.1. The van der Waals surface area contributed by atoms with Crippen LogP contribution >= 0.6 is 0 Å². The molecule has 0 radical (unpaired) electrons. The fraction of sp³-hybridized carbons (Fsp3) is 0.105. The van der Waals surface area contributed by atoms with Crippen molar-refractivity contribution in [3.63, 3.8) is 0 Å². The van der Waals surface area contributed by atoms with Gasteiger partial charge in [0.2, 0.25) is 0 Å². The topological polar surface area (TPSA) is 115 Å². The number of hydrogen-bond acceptors (Lipinski definition) is 5. The number of carboxylic acid groups (broad SMARTS) is 1. The first-order chi connectivity index (χ1) is 14.1. The Balaban J connectivity index is 1.81. The summed E-state index contributed by atoms with van der Waals surface area (Å²) in [6.45, 7) is -0.468. The summed E-state index contributed by atoms with van der Waals surface area (Å²) in [4.78, 5) is 31.3. The van der Waals surface area contributed by atoms with E-state index in [-0.39, 0.29) is 25.0 Å². The highest BCUT2D eigenvalue weighted by Crippen LogP contribution is 2.05. The molecule has 0 aromatic carbocycles. The van der Waals surface area contributed by atoms with Crippen LogP contribution in [0.25, 0.3) is 5.82 Å². The molecule has 0 unspecified atom stereocenters. The zero-order valence-corrected chi connectivity index (χ0v) is 15.0. The number of nitrogens with one attached hydrogen (secondary N) is 1. The van der Waals surface area contributed by atoms with Crippen LogP contribution < -0.4 is 11.0 Å². The second-order valence-corrected chi connectivity index (χ2v) is 5.73. The van der Waals surface area contributed by atoms with Crippen molar-refractivity contribution in [2.24, 2.45) is 0 Å². The van der Waals surface area contributed by atoms with Gasteiger partial charge in [-0.05, 0) is 35.8 Å². The third-order valence-corrected chi connectivity index (χ3v) is 3.70. The Kier molecular flexibility index (Phi) is 6.12. The van der Waals surface area contributed by atoms with Gasteiger partial charge in [-0.15, -0.1) is 0 Å². The van der Waals surface area contributed by atoms with Crippen LogP contribution in [0.4, 0.5) is 9.18 Å². The van der Waals surface area contributed by atoms with Crippen molar-refractivity contribution in [1.29, 1.82) is 0 Å². The lowest BCUT2D eigenvalue weighted by Crippen LogP contribution is -2.29. The van der Waals surface area contributed by atoms with Crippen LogP contribution in [0.3, 0.4) is 0 Å². The lowest BCUT2D eigenvalue weighted by Gasteiger charge is -2.05. The molecule has 0 aliphatic carbocycles. The van der Waals surface area contributed by atoms with Gasteiger partial charge in [0.25, 0.3) is 0 Å². The molecule has 0 fully saturated rings. The highest BCUT2D eigenvalue weighted by molar-refractivity contribution is 5.64. The molecule has 0 aliphatic heterocycles. The molecule has 3 aromatic heterocycles. The van der Waals surface area contributed by atoms with Crippen LogP contribution in [0.15, 0.2) is 65.8 Å². The Labute approximate surface area is 164 Å². The van der Waals surface area contributed by atoms with Gasteiger partial charge in [-0.25, -0.2) is 33.2 Å². The third kappa shape index (κ3) is 5.14. The molecule has 0 spiro atoms. The van der Waals surface area contributed by atoms with Crippen molar-refractivity contribution in [2.75, 3.05) is 6.54 Å². The molecule has 3 rings (SSSR count). The van der Waals surface area contributed by atoms with Crippen molar-refractivity contribution in [3.05, 3.63) is 82.7 Å². The van der Waals surface area contributed by atoms with E-state index in [1.165, 1.54) is 17.1 Å².